The average Bonchev–Trinajstić information content (AvgIpc) is 2.33. The third kappa shape index (κ3) is 2.60. The molecule has 19 heavy (non-hydrogen) atoms. The van der Waals surface area contributed by atoms with Crippen LogP contribution in [0.5, 0.6) is 0 Å². The Balaban J connectivity index is 2.47. The van der Waals surface area contributed by atoms with Gasteiger partial charge < -0.3 is 9.64 Å². The van der Waals surface area contributed by atoms with Gasteiger partial charge in [0.1, 0.15) is 6.54 Å². The molecule has 1 atom stereocenters. The highest BCUT2D eigenvalue weighted by Gasteiger charge is 2.37. The Labute approximate surface area is 115 Å². The first kappa shape index (κ1) is 13.9. The molecule has 0 aromatic heterocycles. The molecular weight excluding hydrogens is 238 g/mol. The number of anilines is 1. The summed E-state index contributed by atoms with van der Waals surface area (Å²) in [4.78, 5) is 13.9. The molecule has 0 aliphatic carbocycles. The number of ether oxygens (including phenoxy) is 1. The molecule has 3 nitrogen and oxygen atoms in total. The van der Waals surface area contributed by atoms with Crippen LogP contribution in [0.1, 0.15) is 44.2 Å². The van der Waals surface area contributed by atoms with Gasteiger partial charge in [-0.15, -0.1) is 0 Å². The topological polar surface area (TPSA) is 29.5 Å². The zero-order valence-electron chi connectivity index (χ0n) is 12.5. The van der Waals surface area contributed by atoms with Crippen LogP contribution in [-0.2, 0) is 9.53 Å². The Morgan fingerprint density at radius 2 is 2.16 bits per heavy atom. The lowest BCUT2D eigenvalue weighted by Gasteiger charge is -2.47. The number of nitrogens with zero attached hydrogens (tertiary/aromatic N) is 1. The quantitative estimate of drug-likeness (QED) is 0.765. The Morgan fingerprint density at radius 1 is 1.47 bits per heavy atom. The fraction of sp³-hybridized carbons (Fsp3) is 0.562. The Kier molecular flexibility index (Phi) is 3.57. The van der Waals surface area contributed by atoms with Crippen molar-refractivity contribution in [3.8, 4) is 0 Å². The van der Waals surface area contributed by atoms with E-state index in [4.69, 9.17) is 4.74 Å². The minimum Gasteiger partial charge on any atom is -0.468 e. The van der Waals surface area contributed by atoms with Crippen molar-refractivity contribution in [2.24, 2.45) is 0 Å². The summed E-state index contributed by atoms with van der Waals surface area (Å²) < 4.78 is 4.84. The summed E-state index contributed by atoms with van der Waals surface area (Å²) in [6.45, 7) is 9.04. The van der Waals surface area contributed by atoms with Crippen LogP contribution < -0.4 is 4.90 Å². The van der Waals surface area contributed by atoms with Crippen LogP contribution in [-0.4, -0.2) is 25.2 Å². The molecule has 1 aliphatic rings. The van der Waals surface area contributed by atoms with E-state index in [2.05, 4.69) is 50.8 Å². The normalized spacial score (nSPS) is 20.9. The molecule has 0 saturated carbocycles. The van der Waals surface area contributed by atoms with Gasteiger partial charge in [-0.1, -0.05) is 19.1 Å². The third-order valence-electron chi connectivity index (χ3n) is 4.06. The van der Waals surface area contributed by atoms with Crippen LogP contribution in [0.3, 0.4) is 0 Å². The molecular formula is C16H23NO2. The second-order valence-electron chi connectivity index (χ2n) is 6.14. The van der Waals surface area contributed by atoms with E-state index in [9.17, 15) is 4.79 Å². The molecule has 1 unspecified atom stereocenters. The molecule has 0 saturated heterocycles. The van der Waals surface area contributed by atoms with Gasteiger partial charge in [0.25, 0.3) is 0 Å². The smallest absolute Gasteiger partial charge is 0.325 e. The SMILES string of the molecule is COC(=O)CN1c2cc(C)ccc2C(C)CC1(C)C. The Bertz CT molecular complexity index is 494. The number of benzene rings is 1. The summed E-state index contributed by atoms with van der Waals surface area (Å²) in [6.07, 6.45) is 1.04. The van der Waals surface area contributed by atoms with Crippen molar-refractivity contribution in [2.45, 2.75) is 45.6 Å². The third-order valence-corrected chi connectivity index (χ3v) is 4.06. The molecule has 104 valence electrons. The molecule has 1 aromatic rings. The molecule has 0 N–H and O–H groups in total. The predicted octanol–water partition coefficient (Wildman–Crippen LogP) is 3.26. The van der Waals surface area contributed by atoms with Gasteiger partial charge in [0.15, 0.2) is 0 Å². The second-order valence-corrected chi connectivity index (χ2v) is 6.14. The van der Waals surface area contributed by atoms with Crippen LogP contribution in [0.2, 0.25) is 0 Å². The number of rotatable bonds is 2. The van der Waals surface area contributed by atoms with Gasteiger partial charge in [-0.05, 0) is 50.3 Å². The van der Waals surface area contributed by atoms with E-state index in [-0.39, 0.29) is 11.5 Å². The van der Waals surface area contributed by atoms with Gasteiger partial charge in [0.2, 0.25) is 0 Å². The summed E-state index contributed by atoms with van der Waals surface area (Å²) >= 11 is 0. The van der Waals surface area contributed by atoms with Crippen LogP contribution in [0, 0.1) is 6.92 Å². The Hall–Kier alpha value is -1.51. The van der Waals surface area contributed by atoms with Crippen LogP contribution in [0.25, 0.3) is 0 Å². The van der Waals surface area contributed by atoms with Crippen molar-refractivity contribution in [3.05, 3.63) is 29.3 Å². The fourth-order valence-electron chi connectivity index (χ4n) is 3.09. The fourth-order valence-corrected chi connectivity index (χ4v) is 3.09. The summed E-state index contributed by atoms with van der Waals surface area (Å²) in [5, 5.41) is 0. The minimum atomic E-state index is -0.185. The van der Waals surface area contributed by atoms with E-state index in [0.717, 1.165) is 6.42 Å². The zero-order valence-corrected chi connectivity index (χ0v) is 12.5. The van der Waals surface area contributed by atoms with Crippen LogP contribution >= 0.6 is 0 Å². The molecule has 1 heterocycles. The largest absolute Gasteiger partial charge is 0.468 e. The maximum absolute atomic E-state index is 11.7. The first-order valence-corrected chi connectivity index (χ1v) is 6.80. The number of methoxy groups -OCH3 is 1. The minimum absolute atomic E-state index is 0.0333. The molecule has 3 heteroatoms. The number of carbonyl (C=O) groups is 1. The highest BCUT2D eigenvalue weighted by atomic mass is 16.5. The van der Waals surface area contributed by atoms with Crippen molar-refractivity contribution in [1.82, 2.24) is 0 Å². The molecule has 0 radical (unpaired) electrons. The number of aryl methyl sites for hydroxylation is 1. The zero-order chi connectivity index (χ0) is 14.2. The second kappa shape index (κ2) is 4.87. The summed E-state index contributed by atoms with van der Waals surface area (Å²) in [5.41, 5.74) is 3.69. The van der Waals surface area contributed by atoms with Gasteiger partial charge in [0.05, 0.1) is 7.11 Å². The maximum atomic E-state index is 11.7. The van der Waals surface area contributed by atoms with Gasteiger partial charge in [-0.3, -0.25) is 4.79 Å². The van der Waals surface area contributed by atoms with Crippen molar-refractivity contribution in [1.29, 1.82) is 0 Å². The highest BCUT2D eigenvalue weighted by Crippen LogP contribution is 2.43. The maximum Gasteiger partial charge on any atom is 0.325 e. The molecule has 2 rings (SSSR count). The van der Waals surface area contributed by atoms with Gasteiger partial charge in [0, 0.05) is 11.2 Å². The summed E-state index contributed by atoms with van der Waals surface area (Å²) in [6, 6.07) is 6.51. The van der Waals surface area contributed by atoms with E-state index in [1.807, 2.05) is 0 Å². The number of fused-ring (bicyclic) bond motifs is 1. The first-order chi connectivity index (χ1) is 8.85. The van der Waals surface area contributed by atoms with Crippen LogP contribution in [0.4, 0.5) is 5.69 Å². The van der Waals surface area contributed by atoms with Gasteiger partial charge >= 0.3 is 5.97 Å². The average molecular weight is 261 g/mol. The predicted molar refractivity (Wildman–Crippen MR) is 77.7 cm³/mol. The number of carbonyl (C=O) groups excluding carboxylic acids is 1. The molecule has 0 amide bonds. The number of esters is 1. The van der Waals surface area contributed by atoms with E-state index in [1.54, 1.807) is 0 Å². The summed E-state index contributed by atoms with van der Waals surface area (Å²) in [7, 11) is 1.44. The molecule has 0 fully saturated rings. The molecule has 1 aromatic carbocycles. The number of hydrogen-bond acceptors (Lipinski definition) is 3. The van der Waals surface area contributed by atoms with E-state index < -0.39 is 0 Å². The van der Waals surface area contributed by atoms with E-state index >= 15 is 0 Å². The van der Waals surface area contributed by atoms with Gasteiger partial charge in [-0.25, -0.2) is 0 Å². The monoisotopic (exact) mass is 261 g/mol. The van der Waals surface area contributed by atoms with Gasteiger partial charge in [-0.2, -0.15) is 0 Å². The molecule has 0 bridgehead atoms. The van der Waals surface area contributed by atoms with Crippen molar-refractivity contribution < 1.29 is 9.53 Å². The lowest BCUT2D eigenvalue weighted by atomic mass is 9.80. The van der Waals surface area contributed by atoms with E-state index in [1.165, 1.54) is 23.9 Å². The first-order valence-electron chi connectivity index (χ1n) is 6.80. The number of hydrogen-bond donors (Lipinski definition) is 0. The lowest BCUT2D eigenvalue weighted by Crippen LogP contribution is -2.50. The van der Waals surface area contributed by atoms with Crippen molar-refractivity contribution in [3.63, 3.8) is 0 Å². The lowest BCUT2D eigenvalue weighted by molar-refractivity contribution is -0.139. The standard InChI is InChI=1S/C16H23NO2/c1-11-6-7-13-12(2)9-16(3,4)17(14(13)8-11)10-15(18)19-5/h6-8,12H,9-10H2,1-5H3. The molecule has 0 spiro atoms. The highest BCUT2D eigenvalue weighted by molar-refractivity contribution is 5.77. The van der Waals surface area contributed by atoms with Crippen molar-refractivity contribution >= 4 is 11.7 Å². The molecule has 1 aliphatic heterocycles. The van der Waals surface area contributed by atoms with Crippen molar-refractivity contribution in [2.75, 3.05) is 18.6 Å². The van der Waals surface area contributed by atoms with Crippen LogP contribution in [0.15, 0.2) is 18.2 Å². The van der Waals surface area contributed by atoms with E-state index in [0.29, 0.717) is 12.5 Å². The Morgan fingerprint density at radius 3 is 2.79 bits per heavy atom. The summed E-state index contributed by atoms with van der Waals surface area (Å²) in [5.74, 6) is 0.328.